The molecule has 0 unspecified atom stereocenters. The predicted molar refractivity (Wildman–Crippen MR) is 231 cm³/mol. The average Bonchev–Trinajstić information content (AvgIpc) is 3.26. The minimum atomic E-state index is -4.63. The van der Waals surface area contributed by atoms with Crippen LogP contribution in [0.3, 0.4) is 0 Å². The summed E-state index contributed by atoms with van der Waals surface area (Å²) >= 11 is 3.27. The van der Waals surface area contributed by atoms with Gasteiger partial charge in [0.2, 0.25) is 0 Å². The quantitative estimate of drug-likeness (QED) is 0.159. The predicted octanol–water partition coefficient (Wildman–Crippen LogP) is 17.0. The van der Waals surface area contributed by atoms with E-state index >= 15 is 0 Å². The van der Waals surface area contributed by atoms with E-state index in [0.717, 1.165) is 104 Å². The highest BCUT2D eigenvalue weighted by molar-refractivity contribution is 8.00. The third kappa shape index (κ3) is 6.83. The summed E-state index contributed by atoms with van der Waals surface area (Å²) in [6, 6.07) is 44.7. The van der Waals surface area contributed by atoms with Gasteiger partial charge in [-0.15, -0.1) is 0 Å². The van der Waals surface area contributed by atoms with Crippen LogP contribution in [0, 0.1) is 0 Å². The molecule has 2 nitrogen and oxygen atoms in total. The summed E-state index contributed by atoms with van der Waals surface area (Å²) in [4.78, 5) is 8.33. The molecule has 60 heavy (non-hydrogen) atoms. The van der Waals surface area contributed by atoms with Gasteiger partial charge in [0.1, 0.15) is 0 Å². The summed E-state index contributed by atoms with van der Waals surface area (Å²) in [7, 11) is 0. The van der Waals surface area contributed by atoms with E-state index < -0.39 is 23.5 Å². The second-order valence-corrected chi connectivity index (χ2v) is 17.5. The molecule has 1 aliphatic carbocycles. The Bertz CT molecular complexity index is 2500. The zero-order chi connectivity index (χ0) is 41.2. The molecule has 0 radical (unpaired) electrons. The van der Waals surface area contributed by atoms with Gasteiger partial charge in [0.25, 0.3) is 0 Å². The highest BCUT2D eigenvalue weighted by Crippen LogP contribution is 2.62. The Morgan fingerprint density at radius 2 is 0.783 bits per heavy atom. The van der Waals surface area contributed by atoms with Crippen molar-refractivity contribution in [1.82, 2.24) is 0 Å². The van der Waals surface area contributed by atoms with Crippen LogP contribution in [0.15, 0.2) is 171 Å². The minimum absolute atomic E-state index is 0.0955. The van der Waals surface area contributed by atoms with E-state index in [-0.39, 0.29) is 5.92 Å². The maximum absolute atomic E-state index is 14.7. The molecule has 7 aromatic carbocycles. The zero-order valence-electron chi connectivity index (χ0n) is 32.0. The molecule has 0 atom stereocenters. The smallest absolute Gasteiger partial charge is 0.307 e. The molecule has 2 heterocycles. The van der Waals surface area contributed by atoms with Crippen molar-refractivity contribution in [2.45, 2.75) is 70.0 Å². The van der Waals surface area contributed by atoms with E-state index in [0.29, 0.717) is 22.3 Å². The molecule has 300 valence electrons. The van der Waals surface area contributed by atoms with Crippen molar-refractivity contribution in [3.63, 3.8) is 0 Å². The highest BCUT2D eigenvalue weighted by Gasteiger charge is 2.39. The van der Waals surface area contributed by atoms with Gasteiger partial charge in [-0.1, -0.05) is 116 Å². The van der Waals surface area contributed by atoms with Gasteiger partial charge in [0, 0.05) is 36.3 Å². The lowest BCUT2D eigenvalue weighted by Crippen LogP contribution is -2.24. The Hall–Kier alpha value is -5.58. The fourth-order valence-electron chi connectivity index (χ4n) is 9.00. The molecule has 10 heteroatoms. The number of hydrogen-bond donors (Lipinski definition) is 0. The molecule has 0 spiro atoms. The fraction of sp³-hybridized carbons (Fsp3) is 0.160. The maximum atomic E-state index is 14.7. The van der Waals surface area contributed by atoms with Gasteiger partial charge in [-0.25, -0.2) is 0 Å². The monoisotopic (exact) mass is 842 g/mol. The van der Waals surface area contributed by atoms with Crippen LogP contribution in [0.4, 0.5) is 60.5 Å². The molecule has 0 bridgehead atoms. The first-order chi connectivity index (χ1) is 29.0. The van der Waals surface area contributed by atoms with E-state index in [1.54, 1.807) is 35.7 Å². The second kappa shape index (κ2) is 15.2. The van der Waals surface area contributed by atoms with Crippen LogP contribution < -0.4 is 9.80 Å². The lowest BCUT2D eigenvalue weighted by molar-refractivity contribution is -0.138. The first kappa shape index (κ1) is 38.6. The molecule has 1 saturated carbocycles. The summed E-state index contributed by atoms with van der Waals surface area (Å²) in [5.41, 5.74) is 5.87. The highest BCUT2D eigenvalue weighted by atomic mass is 32.2. The van der Waals surface area contributed by atoms with Crippen molar-refractivity contribution in [2.24, 2.45) is 0 Å². The molecule has 0 amide bonds. The SMILES string of the molecule is FC(F)(F)c1cccc(-c2cc(-c3cccc(C(F)(F)F)c3)c(N3c4ccccc4Sc4ccccc43)c(C3CCCCC3)c2N2c3ccccc3Sc3ccccc32)c1. The molecule has 2 aliphatic heterocycles. The van der Waals surface area contributed by atoms with Crippen molar-refractivity contribution in [2.75, 3.05) is 9.80 Å². The average molecular weight is 843 g/mol. The van der Waals surface area contributed by atoms with Crippen molar-refractivity contribution in [3.05, 3.63) is 168 Å². The van der Waals surface area contributed by atoms with E-state index in [1.807, 2.05) is 78.9 Å². The summed E-state index contributed by atoms with van der Waals surface area (Å²) in [6.07, 6.45) is -4.77. The van der Waals surface area contributed by atoms with Gasteiger partial charge >= 0.3 is 12.4 Å². The van der Waals surface area contributed by atoms with Crippen LogP contribution in [0.25, 0.3) is 22.3 Å². The van der Waals surface area contributed by atoms with Gasteiger partial charge in [-0.05, 0) is 109 Å². The third-order valence-corrected chi connectivity index (χ3v) is 13.9. The minimum Gasteiger partial charge on any atom is -0.307 e. The number of hydrogen-bond acceptors (Lipinski definition) is 4. The molecule has 3 aliphatic rings. The topological polar surface area (TPSA) is 6.48 Å². The van der Waals surface area contributed by atoms with Crippen molar-refractivity contribution >= 4 is 57.6 Å². The summed E-state index contributed by atoms with van der Waals surface area (Å²) in [5, 5.41) is 0. The third-order valence-electron chi connectivity index (χ3n) is 11.6. The fourth-order valence-corrected chi connectivity index (χ4v) is 11.1. The standard InChI is InChI=1S/C50H36F6N2S2/c51-49(52,53)34-18-12-16-32(28-34)36-30-37(33-17-13-19-35(29-33)50(54,55)56)48(58-40-22-6-10-26-44(40)60-45-27-11-7-23-41(45)58)46(31-14-2-1-3-15-31)47(36)57-38-20-4-8-24-42(38)59-43-25-9-5-21-39(43)57/h4-13,16-31H,1-3,14-15H2. The van der Waals surface area contributed by atoms with Crippen molar-refractivity contribution in [3.8, 4) is 22.3 Å². The summed E-state index contributed by atoms with van der Waals surface area (Å²) < 4.78 is 88.0. The van der Waals surface area contributed by atoms with Crippen molar-refractivity contribution in [1.29, 1.82) is 0 Å². The van der Waals surface area contributed by atoms with E-state index in [4.69, 9.17) is 0 Å². The molecule has 0 aromatic heterocycles. The van der Waals surface area contributed by atoms with E-state index in [9.17, 15) is 26.3 Å². The van der Waals surface area contributed by atoms with Crippen LogP contribution >= 0.6 is 23.5 Å². The van der Waals surface area contributed by atoms with Crippen LogP contribution in [0.2, 0.25) is 0 Å². The molecule has 0 saturated heterocycles. The largest absolute Gasteiger partial charge is 0.416 e. The van der Waals surface area contributed by atoms with Crippen LogP contribution in [-0.2, 0) is 12.4 Å². The molecule has 1 fully saturated rings. The first-order valence-electron chi connectivity index (χ1n) is 19.9. The Kier molecular flexibility index (Phi) is 9.75. The summed E-state index contributed by atoms with van der Waals surface area (Å²) in [6.45, 7) is 0. The summed E-state index contributed by atoms with van der Waals surface area (Å²) in [5.74, 6) is -0.0955. The van der Waals surface area contributed by atoms with Crippen LogP contribution in [-0.4, -0.2) is 0 Å². The number of rotatable bonds is 5. The van der Waals surface area contributed by atoms with E-state index in [1.165, 1.54) is 24.3 Å². The lowest BCUT2D eigenvalue weighted by atomic mass is 9.78. The Labute approximate surface area is 352 Å². The number of nitrogens with zero attached hydrogens (tertiary/aromatic N) is 2. The number of benzene rings is 7. The molecular weight excluding hydrogens is 807 g/mol. The maximum Gasteiger partial charge on any atom is 0.416 e. The first-order valence-corrected chi connectivity index (χ1v) is 21.6. The van der Waals surface area contributed by atoms with Crippen molar-refractivity contribution < 1.29 is 26.3 Å². The molecular formula is C50H36F6N2S2. The van der Waals surface area contributed by atoms with Gasteiger partial charge in [-0.2, -0.15) is 26.3 Å². The zero-order valence-corrected chi connectivity index (χ0v) is 33.7. The molecule has 10 rings (SSSR count). The van der Waals surface area contributed by atoms with Crippen LogP contribution in [0.5, 0.6) is 0 Å². The van der Waals surface area contributed by atoms with Gasteiger partial charge < -0.3 is 9.80 Å². The Morgan fingerprint density at radius 1 is 0.417 bits per heavy atom. The number of anilines is 6. The molecule has 0 N–H and O–H groups in total. The second-order valence-electron chi connectivity index (χ2n) is 15.3. The van der Waals surface area contributed by atoms with Crippen LogP contribution in [0.1, 0.15) is 54.7 Å². The number of para-hydroxylation sites is 4. The lowest BCUT2D eigenvalue weighted by Gasteiger charge is -2.42. The Balaban J connectivity index is 1.43. The van der Waals surface area contributed by atoms with E-state index in [2.05, 4.69) is 34.1 Å². The van der Waals surface area contributed by atoms with Gasteiger partial charge in [0.15, 0.2) is 0 Å². The molecule has 7 aromatic rings. The normalized spacial score (nSPS) is 15.2. The number of halogens is 6. The number of alkyl halides is 6. The van der Waals surface area contributed by atoms with Gasteiger partial charge in [-0.3, -0.25) is 0 Å². The Morgan fingerprint density at radius 3 is 1.15 bits per heavy atom. The van der Waals surface area contributed by atoms with Gasteiger partial charge in [0.05, 0.1) is 45.3 Å². The number of fused-ring (bicyclic) bond motifs is 4.